The van der Waals surface area contributed by atoms with E-state index in [1.165, 1.54) is 11.8 Å². The molecule has 0 spiro atoms. The fourth-order valence-corrected chi connectivity index (χ4v) is 3.94. The number of nitrogens with one attached hydrogen (secondary N) is 1. The molecule has 168 valence electrons. The molecule has 0 saturated carbocycles. The number of carbonyl (C=O) groups excluding carboxylic acids is 1. The quantitative estimate of drug-likeness (QED) is 0.358. The Balaban J connectivity index is 1.51. The molecule has 0 fully saturated rings. The first-order valence-corrected chi connectivity index (χ1v) is 11.4. The van der Waals surface area contributed by atoms with Crippen LogP contribution in [0.3, 0.4) is 0 Å². The molecule has 0 aliphatic heterocycles. The predicted octanol–water partition coefficient (Wildman–Crippen LogP) is 4.89. The third-order valence-corrected chi connectivity index (χ3v) is 5.75. The van der Waals surface area contributed by atoms with Gasteiger partial charge in [0.05, 0.1) is 18.6 Å². The highest BCUT2D eigenvalue weighted by Gasteiger charge is 2.17. The van der Waals surface area contributed by atoms with E-state index in [-0.39, 0.29) is 18.3 Å². The maximum absolute atomic E-state index is 12.6. The molecule has 0 atom stereocenters. The summed E-state index contributed by atoms with van der Waals surface area (Å²) in [5.41, 5.74) is 2.69. The highest BCUT2D eigenvalue weighted by atomic mass is 32.2. The van der Waals surface area contributed by atoms with E-state index < -0.39 is 0 Å². The number of anilines is 1. The number of methoxy groups -OCH3 is 1. The summed E-state index contributed by atoms with van der Waals surface area (Å²) in [7, 11) is 1.57. The van der Waals surface area contributed by atoms with Crippen LogP contribution in [0.25, 0.3) is 5.69 Å². The van der Waals surface area contributed by atoms with E-state index in [9.17, 15) is 4.79 Å². The van der Waals surface area contributed by atoms with E-state index >= 15 is 0 Å². The fourth-order valence-electron chi connectivity index (χ4n) is 3.17. The van der Waals surface area contributed by atoms with Crippen LogP contribution in [0.15, 0.2) is 84.0 Å². The third-order valence-electron chi connectivity index (χ3n) is 4.82. The summed E-state index contributed by atoms with van der Waals surface area (Å²) >= 11 is 1.31. The zero-order valence-electron chi connectivity index (χ0n) is 18.4. The van der Waals surface area contributed by atoms with Crippen LogP contribution in [-0.2, 0) is 11.4 Å². The van der Waals surface area contributed by atoms with Crippen molar-refractivity contribution in [1.82, 2.24) is 14.8 Å². The maximum atomic E-state index is 12.6. The second kappa shape index (κ2) is 10.7. The summed E-state index contributed by atoms with van der Waals surface area (Å²) in [6.45, 7) is 2.28. The molecule has 0 aliphatic rings. The van der Waals surface area contributed by atoms with Crippen LogP contribution in [0.1, 0.15) is 11.4 Å². The van der Waals surface area contributed by atoms with Crippen LogP contribution in [0, 0.1) is 6.92 Å². The molecule has 0 radical (unpaired) electrons. The standard InChI is InChI=1S/C25H24N4O3S/c1-18-12-14-19(15-13-18)29-23(16-32-20-8-4-3-5-9-20)27-28-25(29)33-17-24(30)26-21-10-6-7-11-22(21)31-2/h3-15H,16-17H2,1-2H3,(H,26,30). The number of para-hydroxylation sites is 3. The van der Waals surface area contributed by atoms with Crippen LogP contribution in [0.5, 0.6) is 11.5 Å². The van der Waals surface area contributed by atoms with E-state index in [1.54, 1.807) is 19.2 Å². The van der Waals surface area contributed by atoms with Crippen molar-refractivity contribution in [3.63, 3.8) is 0 Å². The Morgan fingerprint density at radius 3 is 2.45 bits per heavy atom. The molecule has 0 bridgehead atoms. The molecule has 1 N–H and O–H groups in total. The minimum Gasteiger partial charge on any atom is -0.495 e. The van der Waals surface area contributed by atoms with Crippen LogP contribution < -0.4 is 14.8 Å². The zero-order chi connectivity index (χ0) is 23.0. The van der Waals surface area contributed by atoms with Gasteiger partial charge >= 0.3 is 0 Å². The lowest BCUT2D eigenvalue weighted by Gasteiger charge is -2.12. The molecule has 4 rings (SSSR count). The van der Waals surface area contributed by atoms with Gasteiger partial charge in [0.1, 0.15) is 18.1 Å². The monoisotopic (exact) mass is 460 g/mol. The Bertz CT molecular complexity index is 1210. The number of nitrogens with zero attached hydrogens (tertiary/aromatic N) is 3. The van der Waals surface area contributed by atoms with Gasteiger partial charge in [0.25, 0.3) is 0 Å². The number of rotatable bonds is 9. The normalized spacial score (nSPS) is 10.6. The van der Waals surface area contributed by atoms with Crippen molar-refractivity contribution < 1.29 is 14.3 Å². The number of carbonyl (C=O) groups is 1. The Kier molecular flexibility index (Phi) is 7.26. The largest absolute Gasteiger partial charge is 0.495 e. The lowest BCUT2D eigenvalue weighted by molar-refractivity contribution is -0.113. The van der Waals surface area contributed by atoms with Gasteiger partial charge in [-0.15, -0.1) is 10.2 Å². The second-order valence-corrected chi connectivity index (χ2v) is 8.15. The van der Waals surface area contributed by atoms with Crippen molar-refractivity contribution in [2.24, 2.45) is 0 Å². The number of aryl methyl sites for hydroxylation is 1. The number of hydrogen-bond acceptors (Lipinski definition) is 6. The topological polar surface area (TPSA) is 78.3 Å². The molecule has 8 heteroatoms. The van der Waals surface area contributed by atoms with E-state index in [1.807, 2.05) is 78.2 Å². The summed E-state index contributed by atoms with van der Waals surface area (Å²) in [4.78, 5) is 12.6. The zero-order valence-corrected chi connectivity index (χ0v) is 19.2. The number of hydrogen-bond donors (Lipinski definition) is 1. The summed E-state index contributed by atoms with van der Waals surface area (Å²) in [5, 5.41) is 12.2. The Morgan fingerprint density at radius 1 is 0.970 bits per heavy atom. The van der Waals surface area contributed by atoms with Gasteiger partial charge in [0, 0.05) is 5.69 Å². The smallest absolute Gasteiger partial charge is 0.234 e. The van der Waals surface area contributed by atoms with E-state index in [4.69, 9.17) is 9.47 Å². The van der Waals surface area contributed by atoms with Gasteiger partial charge in [-0.1, -0.05) is 59.8 Å². The van der Waals surface area contributed by atoms with Gasteiger partial charge in [-0.2, -0.15) is 0 Å². The van der Waals surface area contributed by atoms with Crippen LogP contribution in [-0.4, -0.2) is 33.5 Å². The van der Waals surface area contributed by atoms with Gasteiger partial charge in [-0.05, 0) is 43.3 Å². The van der Waals surface area contributed by atoms with Crippen molar-refractivity contribution in [3.8, 4) is 17.2 Å². The molecular formula is C25H24N4O3S. The average molecular weight is 461 g/mol. The fraction of sp³-hybridized carbons (Fsp3) is 0.160. The van der Waals surface area contributed by atoms with Gasteiger partial charge in [-0.25, -0.2) is 0 Å². The molecule has 0 aliphatic carbocycles. The van der Waals surface area contributed by atoms with Crippen molar-refractivity contribution in [2.75, 3.05) is 18.2 Å². The SMILES string of the molecule is COc1ccccc1NC(=O)CSc1nnc(COc2ccccc2)n1-c1ccc(C)cc1. The van der Waals surface area contributed by atoms with Gasteiger partial charge in [0.2, 0.25) is 5.91 Å². The number of aromatic nitrogens is 3. The van der Waals surface area contributed by atoms with Crippen LogP contribution in [0.2, 0.25) is 0 Å². The summed E-state index contributed by atoms with van der Waals surface area (Å²) < 4.78 is 13.1. The third kappa shape index (κ3) is 5.72. The maximum Gasteiger partial charge on any atom is 0.234 e. The van der Waals surface area contributed by atoms with Gasteiger partial charge in [-0.3, -0.25) is 9.36 Å². The number of benzene rings is 3. The van der Waals surface area contributed by atoms with Crippen molar-refractivity contribution in [2.45, 2.75) is 18.7 Å². The molecule has 33 heavy (non-hydrogen) atoms. The molecule has 1 heterocycles. The summed E-state index contributed by atoms with van der Waals surface area (Å²) in [5.74, 6) is 2.02. The van der Waals surface area contributed by atoms with Crippen LogP contribution in [0.4, 0.5) is 5.69 Å². The first-order chi connectivity index (χ1) is 16.1. The minimum absolute atomic E-state index is 0.162. The molecular weight excluding hydrogens is 436 g/mol. The molecule has 0 unspecified atom stereocenters. The predicted molar refractivity (Wildman–Crippen MR) is 129 cm³/mol. The van der Waals surface area contributed by atoms with Gasteiger partial charge in [0.15, 0.2) is 11.0 Å². The number of ether oxygens (including phenoxy) is 2. The minimum atomic E-state index is -0.162. The first kappa shape index (κ1) is 22.4. The molecule has 3 aromatic carbocycles. The lowest BCUT2D eigenvalue weighted by atomic mass is 10.2. The highest BCUT2D eigenvalue weighted by molar-refractivity contribution is 7.99. The van der Waals surface area contributed by atoms with Crippen molar-refractivity contribution in [1.29, 1.82) is 0 Å². The lowest BCUT2D eigenvalue weighted by Crippen LogP contribution is -2.15. The highest BCUT2D eigenvalue weighted by Crippen LogP contribution is 2.26. The molecule has 7 nitrogen and oxygen atoms in total. The molecule has 4 aromatic rings. The van der Waals surface area contributed by atoms with E-state index in [0.29, 0.717) is 22.4 Å². The van der Waals surface area contributed by atoms with E-state index in [0.717, 1.165) is 17.0 Å². The number of amides is 1. The average Bonchev–Trinajstić information content (AvgIpc) is 3.25. The molecule has 0 saturated heterocycles. The second-order valence-electron chi connectivity index (χ2n) is 7.21. The van der Waals surface area contributed by atoms with Crippen molar-refractivity contribution in [3.05, 3.63) is 90.3 Å². The van der Waals surface area contributed by atoms with Crippen molar-refractivity contribution >= 4 is 23.4 Å². The molecule has 1 aromatic heterocycles. The summed E-state index contributed by atoms with van der Waals surface area (Å²) in [6.07, 6.45) is 0. The Hall–Kier alpha value is -3.78. The van der Waals surface area contributed by atoms with Gasteiger partial charge < -0.3 is 14.8 Å². The Labute approximate surface area is 196 Å². The molecule has 1 amide bonds. The van der Waals surface area contributed by atoms with E-state index in [2.05, 4.69) is 15.5 Å². The summed E-state index contributed by atoms with van der Waals surface area (Å²) in [6, 6.07) is 24.9. The number of thioether (sulfide) groups is 1. The first-order valence-electron chi connectivity index (χ1n) is 10.4. The Morgan fingerprint density at radius 2 is 1.70 bits per heavy atom. The van der Waals surface area contributed by atoms with Crippen LogP contribution >= 0.6 is 11.8 Å².